The van der Waals surface area contributed by atoms with Crippen molar-refractivity contribution in [1.29, 1.82) is 0 Å². The SMILES string of the molecule is O=C(NCCc1csc(C2CCN(C(=O)c3ccccc3F)CC2)n1)C1CC1. The van der Waals surface area contributed by atoms with Gasteiger partial charge in [-0.05, 0) is 37.8 Å². The molecule has 0 atom stereocenters. The summed E-state index contributed by atoms with van der Waals surface area (Å²) >= 11 is 1.65. The van der Waals surface area contributed by atoms with Crippen LogP contribution in [0.15, 0.2) is 29.6 Å². The van der Waals surface area contributed by atoms with E-state index in [9.17, 15) is 14.0 Å². The third-order valence-corrected chi connectivity index (χ3v) is 6.49. The smallest absolute Gasteiger partial charge is 0.256 e. The number of hydrogen-bond acceptors (Lipinski definition) is 4. The molecule has 2 aromatic rings. The third kappa shape index (κ3) is 4.41. The molecule has 0 unspecified atom stereocenters. The van der Waals surface area contributed by atoms with Crippen molar-refractivity contribution in [3.05, 3.63) is 51.7 Å². The van der Waals surface area contributed by atoms with Gasteiger partial charge in [-0.1, -0.05) is 12.1 Å². The van der Waals surface area contributed by atoms with E-state index in [0.717, 1.165) is 42.8 Å². The molecule has 1 N–H and O–H groups in total. The van der Waals surface area contributed by atoms with Gasteiger partial charge in [-0.2, -0.15) is 0 Å². The fourth-order valence-corrected chi connectivity index (χ4v) is 4.59. The van der Waals surface area contributed by atoms with Crippen LogP contribution in [0.3, 0.4) is 0 Å². The number of hydrogen-bond donors (Lipinski definition) is 1. The average molecular weight is 402 g/mol. The Labute approximate surface area is 168 Å². The summed E-state index contributed by atoms with van der Waals surface area (Å²) in [5.74, 6) is 0.0471. The topological polar surface area (TPSA) is 62.3 Å². The summed E-state index contributed by atoms with van der Waals surface area (Å²) in [5, 5.41) is 6.13. The summed E-state index contributed by atoms with van der Waals surface area (Å²) in [6, 6.07) is 6.14. The quantitative estimate of drug-likeness (QED) is 0.807. The lowest BCUT2D eigenvalue weighted by molar-refractivity contribution is -0.122. The molecule has 0 spiro atoms. The van der Waals surface area contributed by atoms with Gasteiger partial charge in [0.25, 0.3) is 5.91 Å². The number of piperidine rings is 1. The van der Waals surface area contributed by atoms with Crippen LogP contribution in [0.1, 0.15) is 52.7 Å². The van der Waals surface area contributed by atoms with E-state index in [1.165, 1.54) is 6.07 Å². The number of nitrogens with one attached hydrogen (secondary N) is 1. The molecule has 5 nitrogen and oxygen atoms in total. The van der Waals surface area contributed by atoms with Crippen LogP contribution in [-0.2, 0) is 11.2 Å². The van der Waals surface area contributed by atoms with Gasteiger partial charge in [0.05, 0.1) is 16.3 Å². The Morgan fingerprint density at radius 2 is 1.93 bits per heavy atom. The number of aromatic nitrogens is 1. The molecule has 1 saturated heterocycles. The summed E-state index contributed by atoms with van der Waals surface area (Å²) in [6.45, 7) is 1.86. The molecule has 2 heterocycles. The molecule has 28 heavy (non-hydrogen) atoms. The van der Waals surface area contributed by atoms with Gasteiger partial charge >= 0.3 is 0 Å². The van der Waals surface area contributed by atoms with E-state index in [0.29, 0.717) is 25.6 Å². The van der Waals surface area contributed by atoms with Crippen LogP contribution in [0.5, 0.6) is 0 Å². The first-order valence-electron chi connectivity index (χ1n) is 9.87. The lowest BCUT2D eigenvalue weighted by atomic mass is 9.97. The lowest BCUT2D eigenvalue weighted by Crippen LogP contribution is -2.38. The Hall–Kier alpha value is -2.28. The molecular weight excluding hydrogens is 377 g/mol. The first-order chi connectivity index (χ1) is 13.6. The minimum atomic E-state index is -0.465. The van der Waals surface area contributed by atoms with Crippen LogP contribution in [0, 0.1) is 11.7 Å². The van der Waals surface area contributed by atoms with Crippen LogP contribution in [-0.4, -0.2) is 41.3 Å². The molecule has 2 aliphatic rings. The number of rotatable bonds is 6. The molecule has 148 valence electrons. The number of likely N-dealkylation sites (tertiary alicyclic amines) is 1. The second-order valence-corrected chi connectivity index (χ2v) is 8.43. The summed E-state index contributed by atoms with van der Waals surface area (Å²) < 4.78 is 13.9. The number of thiazole rings is 1. The maximum absolute atomic E-state index is 13.9. The fourth-order valence-electron chi connectivity index (χ4n) is 3.56. The van der Waals surface area contributed by atoms with Gasteiger partial charge < -0.3 is 10.2 Å². The molecule has 7 heteroatoms. The highest BCUT2D eigenvalue weighted by Gasteiger charge is 2.29. The minimum absolute atomic E-state index is 0.144. The average Bonchev–Trinajstić information content (AvgIpc) is 3.47. The Kier molecular flexibility index (Phi) is 5.71. The van der Waals surface area contributed by atoms with Crippen LogP contribution in [0.4, 0.5) is 4.39 Å². The van der Waals surface area contributed by atoms with Gasteiger partial charge in [-0.3, -0.25) is 9.59 Å². The van der Waals surface area contributed by atoms with E-state index >= 15 is 0 Å². The Morgan fingerprint density at radius 1 is 1.18 bits per heavy atom. The van der Waals surface area contributed by atoms with Gasteiger partial charge in [0, 0.05) is 43.3 Å². The molecule has 2 amide bonds. The van der Waals surface area contributed by atoms with Crippen molar-refractivity contribution in [3.8, 4) is 0 Å². The molecule has 2 fully saturated rings. The Morgan fingerprint density at radius 3 is 2.64 bits per heavy atom. The van der Waals surface area contributed by atoms with Crippen molar-refractivity contribution < 1.29 is 14.0 Å². The number of nitrogens with zero attached hydrogens (tertiary/aromatic N) is 2. The number of amides is 2. The predicted molar refractivity (Wildman–Crippen MR) is 106 cm³/mol. The van der Waals surface area contributed by atoms with Crippen molar-refractivity contribution in [2.24, 2.45) is 5.92 Å². The fraction of sp³-hybridized carbons (Fsp3) is 0.476. The van der Waals surface area contributed by atoms with E-state index in [-0.39, 0.29) is 23.3 Å². The highest BCUT2D eigenvalue weighted by molar-refractivity contribution is 7.09. The second-order valence-electron chi connectivity index (χ2n) is 7.54. The normalized spacial score (nSPS) is 17.5. The minimum Gasteiger partial charge on any atom is -0.355 e. The Balaban J connectivity index is 1.27. The highest BCUT2D eigenvalue weighted by atomic mass is 32.1. The predicted octanol–water partition coefficient (Wildman–Crippen LogP) is 3.37. The molecule has 1 aliphatic carbocycles. The van der Waals surface area contributed by atoms with Crippen molar-refractivity contribution in [1.82, 2.24) is 15.2 Å². The van der Waals surface area contributed by atoms with Crippen LogP contribution < -0.4 is 5.32 Å². The molecule has 1 aromatic carbocycles. The summed E-state index contributed by atoms with van der Waals surface area (Å²) in [5.41, 5.74) is 1.16. The lowest BCUT2D eigenvalue weighted by Gasteiger charge is -2.31. The molecule has 4 rings (SSSR count). The molecule has 1 aromatic heterocycles. The first kappa shape index (κ1) is 19.1. The zero-order valence-electron chi connectivity index (χ0n) is 15.7. The number of benzene rings is 1. The second kappa shape index (κ2) is 8.39. The monoisotopic (exact) mass is 401 g/mol. The zero-order chi connectivity index (χ0) is 19.5. The summed E-state index contributed by atoms with van der Waals surface area (Å²) in [4.78, 5) is 30.7. The zero-order valence-corrected chi connectivity index (χ0v) is 16.5. The molecule has 1 saturated carbocycles. The molecule has 1 aliphatic heterocycles. The van der Waals surface area contributed by atoms with Gasteiger partial charge in [-0.25, -0.2) is 9.37 Å². The van der Waals surface area contributed by atoms with Gasteiger partial charge in [0.2, 0.25) is 5.91 Å². The van der Waals surface area contributed by atoms with E-state index in [2.05, 4.69) is 10.7 Å². The number of carbonyl (C=O) groups excluding carboxylic acids is 2. The number of halogens is 1. The largest absolute Gasteiger partial charge is 0.355 e. The summed E-state index contributed by atoms with van der Waals surface area (Å²) in [7, 11) is 0. The van der Waals surface area contributed by atoms with E-state index in [1.54, 1.807) is 34.4 Å². The standard InChI is InChI=1S/C21H24FN3O2S/c22-18-4-2-1-3-17(18)21(27)25-11-8-15(9-12-25)20-24-16(13-28-20)7-10-23-19(26)14-5-6-14/h1-4,13-15H,5-12H2,(H,23,26). The van der Waals surface area contributed by atoms with Crippen molar-refractivity contribution in [2.45, 2.75) is 38.0 Å². The highest BCUT2D eigenvalue weighted by Crippen LogP contribution is 2.31. The van der Waals surface area contributed by atoms with Crippen molar-refractivity contribution in [2.75, 3.05) is 19.6 Å². The number of carbonyl (C=O) groups is 2. The van der Waals surface area contributed by atoms with Gasteiger partial charge in [0.15, 0.2) is 0 Å². The van der Waals surface area contributed by atoms with Crippen LogP contribution in [0.25, 0.3) is 0 Å². The van der Waals surface area contributed by atoms with Gasteiger partial charge in [-0.15, -0.1) is 11.3 Å². The molecule has 0 radical (unpaired) electrons. The van der Waals surface area contributed by atoms with Gasteiger partial charge in [0.1, 0.15) is 5.82 Å². The molecule has 0 bridgehead atoms. The van der Waals surface area contributed by atoms with Crippen molar-refractivity contribution in [3.63, 3.8) is 0 Å². The maximum Gasteiger partial charge on any atom is 0.256 e. The molecular formula is C21H24FN3O2S. The van der Waals surface area contributed by atoms with Crippen molar-refractivity contribution >= 4 is 23.2 Å². The Bertz CT molecular complexity index is 857. The van der Waals surface area contributed by atoms with Crippen LogP contribution in [0.2, 0.25) is 0 Å². The maximum atomic E-state index is 13.9. The van der Waals surface area contributed by atoms with E-state index in [1.807, 2.05) is 0 Å². The van der Waals surface area contributed by atoms with Crippen LogP contribution >= 0.6 is 11.3 Å². The van der Waals surface area contributed by atoms with E-state index in [4.69, 9.17) is 4.98 Å². The third-order valence-electron chi connectivity index (χ3n) is 5.43. The first-order valence-corrected chi connectivity index (χ1v) is 10.8. The van der Waals surface area contributed by atoms with E-state index < -0.39 is 5.82 Å². The summed E-state index contributed by atoms with van der Waals surface area (Å²) in [6.07, 6.45) is 4.46.